The molecule has 1 aromatic carbocycles. The molecular formula is C18H26N2O3S. The monoisotopic (exact) mass is 350 g/mol. The van der Waals surface area contributed by atoms with Crippen LogP contribution in [0.4, 0.5) is 0 Å². The predicted octanol–water partition coefficient (Wildman–Crippen LogP) is 2.24. The van der Waals surface area contributed by atoms with Gasteiger partial charge in [0.1, 0.15) is 6.04 Å². The first-order valence-corrected chi connectivity index (χ1v) is 9.01. The molecule has 1 aromatic rings. The largest absolute Gasteiger partial charge is 0.368 e. The highest BCUT2D eigenvalue weighted by molar-refractivity contribution is 8.13. The maximum absolute atomic E-state index is 12.3. The van der Waals surface area contributed by atoms with E-state index in [4.69, 9.17) is 5.73 Å². The van der Waals surface area contributed by atoms with Gasteiger partial charge >= 0.3 is 0 Å². The third-order valence-corrected chi connectivity index (χ3v) is 4.73. The van der Waals surface area contributed by atoms with E-state index in [1.807, 2.05) is 31.2 Å². The zero-order chi connectivity index (χ0) is 18.3. The minimum absolute atomic E-state index is 0.0526. The van der Waals surface area contributed by atoms with Crippen molar-refractivity contribution >= 4 is 28.7 Å². The summed E-state index contributed by atoms with van der Waals surface area (Å²) in [5.74, 6) is -0.542. The number of benzene rings is 1. The molecule has 1 rings (SSSR count). The molecule has 0 spiro atoms. The summed E-state index contributed by atoms with van der Waals surface area (Å²) in [7, 11) is 0. The van der Waals surface area contributed by atoms with Crippen LogP contribution in [0.5, 0.6) is 0 Å². The van der Waals surface area contributed by atoms with Crippen molar-refractivity contribution in [2.24, 2.45) is 11.7 Å². The Bertz CT molecular complexity index is 584. The maximum Gasteiger partial charge on any atom is 0.240 e. The van der Waals surface area contributed by atoms with Crippen LogP contribution in [0.25, 0.3) is 0 Å². The van der Waals surface area contributed by atoms with Crippen LogP contribution in [0.1, 0.15) is 44.7 Å². The van der Waals surface area contributed by atoms with Gasteiger partial charge in [-0.25, -0.2) is 0 Å². The van der Waals surface area contributed by atoms with E-state index in [2.05, 4.69) is 19.2 Å². The molecule has 0 saturated heterocycles. The summed E-state index contributed by atoms with van der Waals surface area (Å²) < 4.78 is 0. The van der Waals surface area contributed by atoms with Crippen LogP contribution in [0.3, 0.4) is 0 Å². The lowest BCUT2D eigenvalue weighted by Crippen LogP contribution is -2.45. The Morgan fingerprint density at radius 2 is 1.71 bits per heavy atom. The summed E-state index contributed by atoms with van der Waals surface area (Å²) in [5, 5.41) is 2.40. The van der Waals surface area contributed by atoms with Gasteiger partial charge in [-0.05, 0) is 23.5 Å². The van der Waals surface area contributed by atoms with E-state index < -0.39 is 11.9 Å². The Balaban J connectivity index is 2.63. The second-order valence-electron chi connectivity index (χ2n) is 6.35. The van der Waals surface area contributed by atoms with E-state index in [1.54, 1.807) is 0 Å². The number of carbonyl (C=O) groups is 3. The number of thioether (sulfide) groups is 1. The molecule has 0 aliphatic rings. The Labute approximate surface area is 147 Å². The van der Waals surface area contributed by atoms with Crippen molar-refractivity contribution in [1.29, 1.82) is 0 Å². The van der Waals surface area contributed by atoms with Crippen LogP contribution in [-0.2, 0) is 20.8 Å². The molecule has 0 aromatic heterocycles. The van der Waals surface area contributed by atoms with Crippen molar-refractivity contribution in [2.45, 2.75) is 46.1 Å². The number of amides is 2. The number of carbonyl (C=O) groups excluding carboxylic acids is 3. The highest BCUT2D eigenvalue weighted by Gasteiger charge is 2.21. The van der Waals surface area contributed by atoms with Crippen molar-refractivity contribution in [3.63, 3.8) is 0 Å². The van der Waals surface area contributed by atoms with E-state index >= 15 is 0 Å². The molecule has 0 aliphatic heterocycles. The Morgan fingerprint density at radius 3 is 2.17 bits per heavy atom. The molecule has 0 fully saturated rings. The SMILES string of the molecule is CC(=O)N[C@@H](CSC(=O)C(C)c1ccc(CC(C)C)cc1)C(N)=O. The number of nitrogens with two attached hydrogens (primary N) is 1. The standard InChI is InChI=1S/C18H26N2O3S/c1-11(2)9-14-5-7-15(8-6-14)12(3)18(23)24-10-16(17(19)22)20-13(4)21/h5-8,11-12,16H,9-10H2,1-4H3,(H2,19,22)(H,20,21)/t12?,16-/m0/s1. The summed E-state index contributed by atoms with van der Waals surface area (Å²) in [4.78, 5) is 34.7. The van der Waals surface area contributed by atoms with Crippen LogP contribution in [0.2, 0.25) is 0 Å². The van der Waals surface area contributed by atoms with Gasteiger partial charge in [0, 0.05) is 12.7 Å². The van der Waals surface area contributed by atoms with E-state index in [9.17, 15) is 14.4 Å². The molecule has 0 radical (unpaired) electrons. The molecule has 0 saturated carbocycles. The predicted molar refractivity (Wildman–Crippen MR) is 97.7 cm³/mol. The van der Waals surface area contributed by atoms with E-state index in [-0.39, 0.29) is 22.7 Å². The topological polar surface area (TPSA) is 89.3 Å². The highest BCUT2D eigenvalue weighted by Crippen LogP contribution is 2.23. The molecule has 2 atom stereocenters. The molecule has 2 amide bonds. The molecule has 1 unspecified atom stereocenters. The van der Waals surface area contributed by atoms with Crippen LogP contribution < -0.4 is 11.1 Å². The average molecular weight is 350 g/mol. The molecular weight excluding hydrogens is 324 g/mol. The second kappa shape index (κ2) is 9.47. The Morgan fingerprint density at radius 1 is 1.12 bits per heavy atom. The normalized spacial score (nSPS) is 13.4. The lowest BCUT2D eigenvalue weighted by Gasteiger charge is -2.15. The van der Waals surface area contributed by atoms with Gasteiger partial charge in [-0.3, -0.25) is 14.4 Å². The molecule has 0 bridgehead atoms. The zero-order valence-corrected chi connectivity index (χ0v) is 15.5. The highest BCUT2D eigenvalue weighted by atomic mass is 32.2. The van der Waals surface area contributed by atoms with Crippen molar-refractivity contribution in [3.8, 4) is 0 Å². The molecule has 0 aliphatic carbocycles. The van der Waals surface area contributed by atoms with Gasteiger partial charge in [-0.1, -0.05) is 56.8 Å². The van der Waals surface area contributed by atoms with Gasteiger partial charge in [0.2, 0.25) is 11.8 Å². The fourth-order valence-electron chi connectivity index (χ4n) is 2.28. The second-order valence-corrected chi connectivity index (χ2v) is 7.37. The Hall–Kier alpha value is -1.82. The molecule has 6 heteroatoms. The maximum atomic E-state index is 12.3. The zero-order valence-electron chi connectivity index (χ0n) is 14.7. The summed E-state index contributed by atoms with van der Waals surface area (Å²) >= 11 is 1.02. The van der Waals surface area contributed by atoms with Crippen LogP contribution in [0.15, 0.2) is 24.3 Å². The summed E-state index contributed by atoms with van der Waals surface area (Å²) in [5.41, 5.74) is 7.43. The quantitative estimate of drug-likeness (QED) is 0.752. The van der Waals surface area contributed by atoms with Crippen molar-refractivity contribution in [1.82, 2.24) is 5.32 Å². The fraction of sp³-hybridized carbons (Fsp3) is 0.500. The van der Waals surface area contributed by atoms with Crippen LogP contribution in [-0.4, -0.2) is 28.7 Å². The summed E-state index contributed by atoms with van der Waals surface area (Å²) in [6, 6.07) is 7.21. The first-order chi connectivity index (χ1) is 11.2. The first-order valence-electron chi connectivity index (χ1n) is 8.02. The summed E-state index contributed by atoms with van der Waals surface area (Å²) in [6.07, 6.45) is 1.01. The molecule has 3 N–H and O–H groups in total. The van der Waals surface area contributed by atoms with Gasteiger partial charge < -0.3 is 11.1 Å². The van der Waals surface area contributed by atoms with Gasteiger partial charge in [0.25, 0.3) is 0 Å². The van der Waals surface area contributed by atoms with Crippen molar-refractivity contribution < 1.29 is 14.4 Å². The van der Waals surface area contributed by atoms with Gasteiger partial charge in [-0.2, -0.15) is 0 Å². The molecule has 0 heterocycles. The first kappa shape index (κ1) is 20.2. The molecule has 132 valence electrons. The van der Waals surface area contributed by atoms with Crippen molar-refractivity contribution in [2.75, 3.05) is 5.75 Å². The van der Waals surface area contributed by atoms with Gasteiger partial charge in [0.05, 0.1) is 5.92 Å². The average Bonchev–Trinajstić information content (AvgIpc) is 2.50. The number of rotatable bonds is 8. The lowest BCUT2D eigenvalue weighted by atomic mass is 9.97. The van der Waals surface area contributed by atoms with Crippen LogP contribution in [0, 0.1) is 5.92 Å². The fourth-order valence-corrected chi connectivity index (χ4v) is 3.25. The Kier molecular flexibility index (Phi) is 7.98. The van der Waals surface area contributed by atoms with E-state index in [0.29, 0.717) is 5.92 Å². The minimum Gasteiger partial charge on any atom is -0.368 e. The van der Waals surface area contributed by atoms with Gasteiger partial charge in [-0.15, -0.1) is 0 Å². The van der Waals surface area contributed by atoms with Crippen LogP contribution >= 0.6 is 11.8 Å². The molecule has 5 nitrogen and oxygen atoms in total. The van der Waals surface area contributed by atoms with E-state index in [0.717, 1.165) is 23.7 Å². The van der Waals surface area contributed by atoms with Gasteiger partial charge in [0.15, 0.2) is 5.12 Å². The minimum atomic E-state index is -0.836. The smallest absolute Gasteiger partial charge is 0.240 e. The number of hydrogen-bond donors (Lipinski definition) is 2. The number of nitrogens with one attached hydrogen (secondary N) is 1. The number of hydrogen-bond acceptors (Lipinski definition) is 4. The molecule has 24 heavy (non-hydrogen) atoms. The summed E-state index contributed by atoms with van der Waals surface area (Å²) in [6.45, 7) is 7.48. The third kappa shape index (κ3) is 6.74. The lowest BCUT2D eigenvalue weighted by molar-refractivity contribution is -0.125. The third-order valence-electron chi connectivity index (χ3n) is 3.59. The van der Waals surface area contributed by atoms with E-state index in [1.165, 1.54) is 12.5 Å². The van der Waals surface area contributed by atoms with Crippen molar-refractivity contribution in [3.05, 3.63) is 35.4 Å². The number of primary amides is 1.